The summed E-state index contributed by atoms with van der Waals surface area (Å²) >= 11 is 0. The second-order valence-corrected chi connectivity index (χ2v) is 9.01. The van der Waals surface area contributed by atoms with Gasteiger partial charge in [0.05, 0.1) is 5.48 Å². The van der Waals surface area contributed by atoms with Crippen LogP contribution in [0.25, 0.3) is 0 Å². The lowest BCUT2D eigenvalue weighted by atomic mass is 9.83. The van der Waals surface area contributed by atoms with Gasteiger partial charge in [-0.1, -0.05) is 70.8 Å². The first-order valence-corrected chi connectivity index (χ1v) is 11.6. The molecule has 2 rings (SSSR count). The molecule has 0 heterocycles. The minimum absolute atomic E-state index is 0.105. The zero-order valence-corrected chi connectivity index (χ0v) is 20.6. The van der Waals surface area contributed by atoms with Gasteiger partial charge in [-0.05, 0) is 86.4 Å². The van der Waals surface area contributed by atoms with Crippen LogP contribution in [-0.4, -0.2) is 11.6 Å². The van der Waals surface area contributed by atoms with E-state index in [1.165, 1.54) is 16.7 Å². The van der Waals surface area contributed by atoms with E-state index in [1.54, 1.807) is 6.08 Å². The van der Waals surface area contributed by atoms with Gasteiger partial charge >= 0.3 is 0 Å². The van der Waals surface area contributed by atoms with Crippen molar-refractivity contribution in [2.24, 2.45) is 0 Å². The van der Waals surface area contributed by atoms with E-state index < -0.39 is 59.3 Å². The van der Waals surface area contributed by atoms with Crippen molar-refractivity contribution in [3.05, 3.63) is 93.0 Å². The molecule has 2 nitrogen and oxygen atoms in total. The second kappa shape index (κ2) is 13.1. The van der Waals surface area contributed by atoms with Crippen LogP contribution in [0.2, 0.25) is 0 Å². The first-order valence-electron chi connectivity index (χ1n) is 15.1. The molecule has 0 saturated carbocycles. The molecule has 0 spiro atoms. The van der Waals surface area contributed by atoms with Crippen LogP contribution < -0.4 is 0 Å². The zero-order valence-electron chi connectivity index (χ0n) is 27.6. The van der Waals surface area contributed by atoms with Gasteiger partial charge in [0.15, 0.2) is 11.6 Å². The van der Waals surface area contributed by atoms with Crippen LogP contribution in [0.15, 0.2) is 81.9 Å². The molecule has 0 atom stereocenters. The molecule has 0 fully saturated rings. The predicted molar refractivity (Wildman–Crippen MR) is 141 cm³/mol. The topological polar surface area (TPSA) is 34.1 Å². The smallest absolute Gasteiger partial charge is 0.190 e. The van der Waals surface area contributed by atoms with E-state index in [0.29, 0.717) is 6.42 Å². The highest BCUT2D eigenvalue weighted by Crippen LogP contribution is 2.28. The first-order chi connectivity index (χ1) is 18.6. The Balaban J connectivity index is 2.14. The highest BCUT2D eigenvalue weighted by molar-refractivity contribution is 6.26. The van der Waals surface area contributed by atoms with Gasteiger partial charge in [-0.3, -0.25) is 9.59 Å². The summed E-state index contributed by atoms with van der Waals surface area (Å²) in [5.74, 6) is -1.88. The van der Waals surface area contributed by atoms with E-state index >= 15 is 0 Å². The van der Waals surface area contributed by atoms with Crippen molar-refractivity contribution in [1.29, 1.82) is 0 Å². The molecule has 33 heavy (non-hydrogen) atoms. The Kier molecular flexibility index (Phi) is 7.02. The molecule has 1 aliphatic carbocycles. The van der Waals surface area contributed by atoms with Gasteiger partial charge in [-0.15, -0.1) is 0 Å². The Bertz CT molecular complexity index is 1320. The van der Waals surface area contributed by atoms with E-state index in [-0.39, 0.29) is 12.0 Å². The monoisotopic (exact) mass is 451 g/mol. The lowest BCUT2D eigenvalue weighted by Crippen LogP contribution is -2.20. The molecular formula is C31H40O2. The van der Waals surface area contributed by atoms with Gasteiger partial charge in [-0.25, -0.2) is 0 Å². The lowest BCUT2D eigenvalue weighted by molar-refractivity contribution is 0.0973. The predicted octanol–water partition coefficient (Wildman–Crippen LogP) is 8.92. The lowest BCUT2D eigenvalue weighted by Gasteiger charge is -2.18. The van der Waals surface area contributed by atoms with Gasteiger partial charge in [-0.2, -0.15) is 0 Å². The fourth-order valence-electron chi connectivity index (χ4n) is 3.64. The van der Waals surface area contributed by atoms with Crippen LogP contribution in [0.5, 0.6) is 0 Å². The molecule has 0 saturated heterocycles. The van der Waals surface area contributed by atoms with Gasteiger partial charge in [0.2, 0.25) is 0 Å². The molecule has 1 aromatic carbocycles. The molecule has 0 bridgehead atoms. The number of benzene rings is 1. The first kappa shape index (κ1) is 17.7. The summed E-state index contributed by atoms with van der Waals surface area (Å²) in [7, 11) is 0. The third-order valence-corrected chi connectivity index (χ3v) is 5.75. The average molecular weight is 452 g/mol. The number of fused-ring (bicyclic) bond motifs is 1. The van der Waals surface area contributed by atoms with Crippen molar-refractivity contribution >= 4 is 11.6 Å². The normalized spacial score (nSPS) is 18.6. The summed E-state index contributed by atoms with van der Waals surface area (Å²) in [4.78, 5) is 26.6. The van der Waals surface area contributed by atoms with Gasteiger partial charge in [0, 0.05) is 26.4 Å². The molecular weight excluding hydrogens is 404 g/mol. The third-order valence-electron chi connectivity index (χ3n) is 5.75. The van der Waals surface area contributed by atoms with Gasteiger partial charge < -0.3 is 0 Å². The number of Topliss-reactive ketones (excluding diaryl/α,β-unsaturated/α-hetero) is 2. The quantitative estimate of drug-likeness (QED) is 0.315. The van der Waals surface area contributed by atoms with E-state index in [2.05, 4.69) is 45.9 Å². The number of allylic oxidation sites excluding steroid dienone is 10. The summed E-state index contributed by atoms with van der Waals surface area (Å²) < 4.78 is 55.6. The summed E-state index contributed by atoms with van der Waals surface area (Å²) in [6, 6.07) is -2.64. The zero-order chi connectivity index (χ0) is 30.4. The van der Waals surface area contributed by atoms with E-state index in [1.807, 2.05) is 6.92 Å². The molecule has 0 aromatic heterocycles. The van der Waals surface area contributed by atoms with Crippen LogP contribution in [0.3, 0.4) is 0 Å². The molecule has 2 heteroatoms. The molecule has 0 aliphatic heterocycles. The van der Waals surface area contributed by atoms with Gasteiger partial charge in [0.1, 0.15) is 0 Å². The Labute approximate surface area is 210 Å². The molecule has 0 amide bonds. The van der Waals surface area contributed by atoms with Crippen LogP contribution in [0.1, 0.15) is 117 Å². The molecule has 0 radical (unpaired) electrons. The molecule has 0 N–H and O–H groups in total. The Morgan fingerprint density at radius 1 is 0.758 bits per heavy atom. The second-order valence-electron chi connectivity index (χ2n) is 9.01. The van der Waals surface area contributed by atoms with Crippen LogP contribution in [-0.2, 0) is 0 Å². The SMILES string of the molecule is [2H]c1c([2H])c([2H])c2c(c1[2H])C(=O)C(C/C=C(/C)CC/C=C(/C)CC/C=C(\C)CCC=C(C)C)=C(C([2H])([2H])[2H])C2=O. The largest absolute Gasteiger partial charge is 0.289 e. The highest BCUT2D eigenvalue weighted by Gasteiger charge is 2.28. The fraction of sp³-hybridized carbons (Fsp3) is 0.419. The highest BCUT2D eigenvalue weighted by atomic mass is 16.1. The number of carbonyl (C=O) groups is 2. The van der Waals surface area contributed by atoms with Crippen molar-refractivity contribution in [1.82, 2.24) is 0 Å². The molecule has 0 unspecified atom stereocenters. The van der Waals surface area contributed by atoms with Gasteiger partial charge in [0.25, 0.3) is 0 Å². The summed E-state index contributed by atoms with van der Waals surface area (Å²) in [5.41, 5.74) is 3.02. The Morgan fingerprint density at radius 3 is 1.76 bits per heavy atom. The van der Waals surface area contributed by atoms with Crippen molar-refractivity contribution in [2.75, 3.05) is 0 Å². The standard InChI is InChI=1S/C31H40O2/c1-22(2)12-9-13-23(3)14-10-15-24(4)16-11-17-25(5)20-21-27-26(6)30(32)28-18-7-8-19-29(28)31(27)33/h7-8,12,14,16,18-20H,9-11,13,15,17,21H2,1-6H3/b23-14+,24-16-,25-20-/i6D3,7D,8D,18D,19D. The minimum atomic E-state index is -2.91. The molecule has 1 aliphatic rings. The maximum absolute atomic E-state index is 13.4. The minimum Gasteiger partial charge on any atom is -0.289 e. The maximum atomic E-state index is 13.4. The van der Waals surface area contributed by atoms with E-state index in [0.717, 1.165) is 37.7 Å². The van der Waals surface area contributed by atoms with Crippen molar-refractivity contribution < 1.29 is 19.2 Å². The van der Waals surface area contributed by atoms with E-state index in [4.69, 9.17) is 9.60 Å². The maximum Gasteiger partial charge on any atom is 0.190 e. The Morgan fingerprint density at radius 2 is 1.24 bits per heavy atom. The number of hydrogen-bond donors (Lipinski definition) is 0. The fourth-order valence-corrected chi connectivity index (χ4v) is 3.64. The van der Waals surface area contributed by atoms with Crippen molar-refractivity contribution in [3.8, 4) is 0 Å². The number of ketones is 2. The summed E-state index contributed by atoms with van der Waals surface area (Å²) in [6.45, 7) is 7.46. The number of hydrogen-bond acceptors (Lipinski definition) is 2. The van der Waals surface area contributed by atoms with Crippen molar-refractivity contribution in [3.63, 3.8) is 0 Å². The Hall–Kier alpha value is -2.74. The number of rotatable bonds is 11. The summed E-state index contributed by atoms with van der Waals surface area (Å²) in [6.07, 6.45) is 13.9. The summed E-state index contributed by atoms with van der Waals surface area (Å²) in [5, 5.41) is 0. The third kappa shape index (κ3) is 8.28. The average Bonchev–Trinajstić information content (AvgIpc) is 2.85. The van der Waals surface area contributed by atoms with E-state index in [9.17, 15) is 9.59 Å². The van der Waals surface area contributed by atoms with Crippen LogP contribution in [0.4, 0.5) is 0 Å². The van der Waals surface area contributed by atoms with Crippen LogP contribution >= 0.6 is 0 Å². The van der Waals surface area contributed by atoms with Crippen LogP contribution in [0, 0.1) is 0 Å². The number of carbonyl (C=O) groups excluding carboxylic acids is 2. The van der Waals surface area contributed by atoms with Crippen molar-refractivity contribution in [2.45, 2.75) is 86.4 Å². The molecule has 176 valence electrons. The molecule has 1 aromatic rings.